The third-order valence-electron chi connectivity index (χ3n) is 2.51. The number of benzene rings is 1. The van der Waals surface area contributed by atoms with Crippen LogP contribution >= 0.6 is 12.4 Å². The molecule has 13 heavy (non-hydrogen) atoms. The van der Waals surface area contributed by atoms with Crippen molar-refractivity contribution in [2.75, 3.05) is 0 Å². The number of halogens is 1. The molecule has 0 saturated heterocycles. The van der Waals surface area contributed by atoms with E-state index in [1.165, 1.54) is 29.3 Å². The van der Waals surface area contributed by atoms with Gasteiger partial charge in [-0.15, -0.1) is 12.4 Å². The van der Waals surface area contributed by atoms with E-state index in [2.05, 4.69) is 28.4 Å². The monoisotopic (exact) mass is 194 g/mol. The van der Waals surface area contributed by atoms with Gasteiger partial charge in [0.1, 0.15) is 0 Å². The summed E-state index contributed by atoms with van der Waals surface area (Å²) >= 11 is 0. The Morgan fingerprint density at radius 1 is 1.31 bits per heavy atom. The molecule has 0 spiro atoms. The minimum Gasteiger partial charge on any atom is -0.278 e. The molecule has 1 aromatic carbocycles. The summed E-state index contributed by atoms with van der Waals surface area (Å²) in [5.74, 6) is 0.831. The van der Waals surface area contributed by atoms with Gasteiger partial charge in [-0.25, -0.2) is 0 Å². The molecule has 0 amide bonds. The second kappa shape index (κ2) is 3.04. The van der Waals surface area contributed by atoms with Gasteiger partial charge in [-0.3, -0.25) is 5.10 Å². The van der Waals surface area contributed by atoms with Crippen LogP contribution in [-0.4, -0.2) is 10.2 Å². The fourth-order valence-corrected chi connectivity index (χ4v) is 1.63. The molecule has 2 nitrogen and oxygen atoms in total. The average molecular weight is 195 g/mol. The lowest BCUT2D eigenvalue weighted by atomic mass is 10.1. The number of nitrogens with zero attached hydrogens (tertiary/aromatic N) is 1. The van der Waals surface area contributed by atoms with Crippen molar-refractivity contribution in [2.24, 2.45) is 0 Å². The Morgan fingerprint density at radius 2 is 2.15 bits per heavy atom. The molecule has 0 bridgehead atoms. The number of fused-ring (bicyclic) bond motifs is 1. The molecular formula is C10H11ClN2. The Bertz CT molecular complexity index is 418. The Balaban J connectivity index is 0.000000653. The summed E-state index contributed by atoms with van der Waals surface area (Å²) in [4.78, 5) is 0. The molecule has 0 atom stereocenters. The molecule has 3 heteroatoms. The Morgan fingerprint density at radius 3 is 2.92 bits per heavy atom. The van der Waals surface area contributed by atoms with E-state index in [1.807, 2.05) is 6.20 Å². The van der Waals surface area contributed by atoms with Gasteiger partial charge < -0.3 is 0 Å². The number of nitrogens with one attached hydrogen (secondary N) is 1. The molecule has 1 aliphatic rings. The second-order valence-corrected chi connectivity index (χ2v) is 3.49. The molecule has 1 saturated carbocycles. The van der Waals surface area contributed by atoms with Gasteiger partial charge in [0, 0.05) is 5.39 Å². The number of hydrogen-bond donors (Lipinski definition) is 1. The van der Waals surface area contributed by atoms with Crippen molar-refractivity contribution in [3.63, 3.8) is 0 Å². The van der Waals surface area contributed by atoms with E-state index in [9.17, 15) is 0 Å². The topological polar surface area (TPSA) is 28.7 Å². The summed E-state index contributed by atoms with van der Waals surface area (Å²) in [6.45, 7) is 0. The van der Waals surface area contributed by atoms with Crippen LogP contribution in [0, 0.1) is 0 Å². The molecule has 3 rings (SSSR count). The number of aromatic nitrogens is 2. The molecule has 1 N–H and O–H groups in total. The van der Waals surface area contributed by atoms with E-state index in [4.69, 9.17) is 0 Å². The van der Waals surface area contributed by atoms with Crippen molar-refractivity contribution in [1.29, 1.82) is 0 Å². The van der Waals surface area contributed by atoms with Crippen LogP contribution in [0.2, 0.25) is 0 Å². The van der Waals surface area contributed by atoms with Gasteiger partial charge in [0.15, 0.2) is 0 Å². The Kier molecular flexibility index (Phi) is 2.00. The highest BCUT2D eigenvalue weighted by atomic mass is 35.5. The van der Waals surface area contributed by atoms with Crippen molar-refractivity contribution >= 4 is 23.3 Å². The molecule has 0 aliphatic heterocycles. The summed E-state index contributed by atoms with van der Waals surface area (Å²) in [5, 5.41) is 8.20. The highest BCUT2D eigenvalue weighted by Crippen LogP contribution is 2.40. The van der Waals surface area contributed by atoms with Crippen molar-refractivity contribution in [3.8, 4) is 0 Å². The highest BCUT2D eigenvalue weighted by molar-refractivity contribution is 5.85. The highest BCUT2D eigenvalue weighted by Gasteiger charge is 2.23. The molecule has 0 radical (unpaired) electrons. The lowest BCUT2D eigenvalue weighted by molar-refractivity contribution is 1.11. The Labute approximate surface area is 82.8 Å². The van der Waals surface area contributed by atoms with E-state index in [0.29, 0.717) is 0 Å². The van der Waals surface area contributed by atoms with Crippen LogP contribution < -0.4 is 0 Å². The summed E-state index contributed by atoms with van der Waals surface area (Å²) in [7, 11) is 0. The lowest BCUT2D eigenvalue weighted by Gasteiger charge is -1.95. The van der Waals surface area contributed by atoms with Crippen LogP contribution in [0.3, 0.4) is 0 Å². The van der Waals surface area contributed by atoms with Crippen molar-refractivity contribution < 1.29 is 0 Å². The lowest BCUT2D eigenvalue weighted by Crippen LogP contribution is -1.77. The predicted molar refractivity (Wildman–Crippen MR) is 55.3 cm³/mol. The Hall–Kier alpha value is -1.02. The van der Waals surface area contributed by atoms with Gasteiger partial charge in [-0.1, -0.05) is 12.1 Å². The van der Waals surface area contributed by atoms with Gasteiger partial charge in [0.05, 0.1) is 11.7 Å². The zero-order chi connectivity index (χ0) is 7.97. The van der Waals surface area contributed by atoms with E-state index in [-0.39, 0.29) is 12.4 Å². The van der Waals surface area contributed by atoms with Crippen molar-refractivity contribution in [1.82, 2.24) is 10.2 Å². The first-order chi connectivity index (χ1) is 5.93. The summed E-state index contributed by atoms with van der Waals surface area (Å²) < 4.78 is 0. The fourth-order valence-electron chi connectivity index (χ4n) is 1.63. The first-order valence-electron chi connectivity index (χ1n) is 4.36. The maximum absolute atomic E-state index is 4.00. The van der Waals surface area contributed by atoms with Gasteiger partial charge in [-0.2, -0.15) is 5.10 Å². The number of aromatic amines is 1. The molecule has 1 aliphatic carbocycles. The van der Waals surface area contributed by atoms with Crippen molar-refractivity contribution in [3.05, 3.63) is 30.0 Å². The summed E-state index contributed by atoms with van der Waals surface area (Å²) in [6, 6.07) is 6.59. The van der Waals surface area contributed by atoms with Crippen LogP contribution in [0.15, 0.2) is 24.4 Å². The average Bonchev–Trinajstić information content (AvgIpc) is 2.84. The maximum Gasteiger partial charge on any atom is 0.0653 e. The van der Waals surface area contributed by atoms with E-state index < -0.39 is 0 Å². The molecule has 1 aromatic heterocycles. The van der Waals surface area contributed by atoms with E-state index >= 15 is 0 Å². The predicted octanol–water partition coefficient (Wildman–Crippen LogP) is 2.86. The van der Waals surface area contributed by atoms with Crippen LogP contribution in [0.25, 0.3) is 10.9 Å². The largest absolute Gasteiger partial charge is 0.278 e. The van der Waals surface area contributed by atoms with Crippen LogP contribution in [0.4, 0.5) is 0 Å². The third kappa shape index (κ3) is 1.42. The number of rotatable bonds is 1. The second-order valence-electron chi connectivity index (χ2n) is 3.49. The smallest absolute Gasteiger partial charge is 0.0653 e. The molecular weight excluding hydrogens is 184 g/mol. The summed E-state index contributed by atoms with van der Waals surface area (Å²) in [5.41, 5.74) is 2.63. The standard InChI is InChI=1S/C10H10N2.ClH/c1-2-7(1)8-3-4-9-6-11-12-10(9)5-8;/h3-7H,1-2H2,(H,11,12);1H. The molecule has 2 aromatic rings. The third-order valence-corrected chi connectivity index (χ3v) is 2.51. The zero-order valence-electron chi connectivity index (χ0n) is 7.16. The van der Waals surface area contributed by atoms with Crippen LogP contribution in [0.5, 0.6) is 0 Å². The number of H-pyrrole nitrogens is 1. The van der Waals surface area contributed by atoms with Crippen LogP contribution in [-0.2, 0) is 0 Å². The van der Waals surface area contributed by atoms with Crippen LogP contribution in [0.1, 0.15) is 24.3 Å². The molecule has 1 heterocycles. The fraction of sp³-hybridized carbons (Fsp3) is 0.300. The van der Waals surface area contributed by atoms with Gasteiger partial charge in [0.25, 0.3) is 0 Å². The molecule has 68 valence electrons. The number of hydrogen-bond acceptors (Lipinski definition) is 1. The minimum atomic E-state index is 0. The van der Waals surface area contributed by atoms with Gasteiger partial charge in [-0.05, 0) is 30.4 Å². The summed E-state index contributed by atoms with van der Waals surface area (Å²) in [6.07, 6.45) is 4.59. The zero-order valence-corrected chi connectivity index (χ0v) is 7.97. The van der Waals surface area contributed by atoms with Gasteiger partial charge >= 0.3 is 0 Å². The van der Waals surface area contributed by atoms with Crippen molar-refractivity contribution in [2.45, 2.75) is 18.8 Å². The molecule has 1 fully saturated rings. The first kappa shape index (κ1) is 8.57. The minimum absolute atomic E-state index is 0. The van der Waals surface area contributed by atoms with E-state index in [0.717, 1.165) is 5.92 Å². The van der Waals surface area contributed by atoms with E-state index in [1.54, 1.807) is 0 Å². The maximum atomic E-state index is 4.00. The van der Waals surface area contributed by atoms with Gasteiger partial charge in [0.2, 0.25) is 0 Å². The molecule has 0 unspecified atom stereocenters. The normalized spacial score (nSPS) is 15.7. The quantitative estimate of drug-likeness (QED) is 0.743. The first-order valence-corrected chi connectivity index (χ1v) is 4.36. The SMILES string of the molecule is Cl.c1cc2cn[nH]c2cc1C1CC1.